The number of carbonyl (C=O) groups is 1. The van der Waals surface area contributed by atoms with Crippen molar-refractivity contribution in [3.63, 3.8) is 0 Å². The van der Waals surface area contributed by atoms with Crippen LogP contribution in [0.5, 0.6) is 0 Å². The predicted molar refractivity (Wildman–Crippen MR) is 54.9 cm³/mol. The first-order valence-corrected chi connectivity index (χ1v) is 4.86. The molecule has 1 rings (SSSR count). The highest BCUT2D eigenvalue weighted by atomic mass is 19.3. The van der Waals surface area contributed by atoms with Crippen LogP contribution in [0.4, 0.5) is 8.78 Å². The minimum absolute atomic E-state index is 0.0736. The van der Waals surface area contributed by atoms with Crippen molar-refractivity contribution in [3.8, 4) is 0 Å². The van der Waals surface area contributed by atoms with Crippen LogP contribution in [0.25, 0.3) is 0 Å². The molecule has 0 aliphatic carbocycles. The van der Waals surface area contributed by atoms with Crippen LogP contribution in [0.1, 0.15) is 35.0 Å². The number of aromatic carboxylic acids is 1. The summed E-state index contributed by atoms with van der Waals surface area (Å²) in [6.07, 6.45) is 1.06. The molecule has 0 atom stereocenters. The molecule has 0 spiro atoms. The molecule has 0 aliphatic heterocycles. The fourth-order valence-corrected chi connectivity index (χ4v) is 1.32. The summed E-state index contributed by atoms with van der Waals surface area (Å²) in [5, 5.41) is 8.70. The van der Waals surface area contributed by atoms with E-state index in [1.54, 1.807) is 6.92 Å². The molecule has 16 heavy (non-hydrogen) atoms. The van der Waals surface area contributed by atoms with E-state index in [1.165, 1.54) is 12.3 Å². The molecule has 1 aromatic rings. The van der Waals surface area contributed by atoms with Crippen LogP contribution in [-0.4, -0.2) is 22.0 Å². The number of carboxylic acid groups (broad SMARTS) is 1. The molecule has 1 aromatic heterocycles. The van der Waals surface area contributed by atoms with Gasteiger partial charge in [0.2, 0.25) is 5.92 Å². The van der Waals surface area contributed by atoms with Crippen molar-refractivity contribution in [1.29, 1.82) is 0 Å². The number of rotatable bonds is 4. The van der Waals surface area contributed by atoms with Gasteiger partial charge in [-0.25, -0.2) is 13.6 Å². The molecular weight excluding hydrogens is 216 g/mol. The second-order valence-corrected chi connectivity index (χ2v) is 3.86. The molecule has 0 saturated heterocycles. The fraction of sp³-hybridized carbons (Fsp3) is 0.455. The zero-order chi connectivity index (χ0) is 12.3. The molecule has 0 bridgehead atoms. The molecule has 1 N–H and O–H groups in total. The number of aromatic nitrogens is 1. The van der Waals surface area contributed by atoms with Crippen LogP contribution in [-0.2, 0) is 6.42 Å². The average molecular weight is 229 g/mol. The Morgan fingerprint density at radius 2 is 2.19 bits per heavy atom. The van der Waals surface area contributed by atoms with Crippen molar-refractivity contribution in [2.24, 2.45) is 0 Å². The molecule has 0 fully saturated rings. The SMILES string of the molecule is Cc1cc(C(=O)O)cnc1CCC(C)(F)F. The Morgan fingerprint density at radius 1 is 1.56 bits per heavy atom. The number of hydrogen-bond acceptors (Lipinski definition) is 2. The quantitative estimate of drug-likeness (QED) is 0.863. The number of nitrogens with zero attached hydrogens (tertiary/aromatic N) is 1. The number of pyridine rings is 1. The number of alkyl halides is 2. The Kier molecular flexibility index (Phi) is 3.57. The molecule has 0 saturated carbocycles. The summed E-state index contributed by atoms with van der Waals surface area (Å²) >= 11 is 0. The van der Waals surface area contributed by atoms with E-state index >= 15 is 0 Å². The lowest BCUT2D eigenvalue weighted by molar-refractivity contribution is 0.0130. The topological polar surface area (TPSA) is 50.2 Å². The maximum absolute atomic E-state index is 12.6. The molecule has 0 aliphatic rings. The normalized spacial score (nSPS) is 11.5. The molecule has 88 valence electrons. The Hall–Kier alpha value is -1.52. The second kappa shape index (κ2) is 4.55. The smallest absolute Gasteiger partial charge is 0.337 e. The van der Waals surface area contributed by atoms with Crippen LogP contribution in [0.2, 0.25) is 0 Å². The van der Waals surface area contributed by atoms with Gasteiger partial charge >= 0.3 is 5.97 Å². The third kappa shape index (κ3) is 3.56. The van der Waals surface area contributed by atoms with E-state index in [0.717, 1.165) is 6.92 Å². The van der Waals surface area contributed by atoms with Gasteiger partial charge in [0.1, 0.15) is 0 Å². The molecule has 0 radical (unpaired) electrons. The summed E-state index contributed by atoms with van der Waals surface area (Å²) in [6.45, 7) is 2.52. The van der Waals surface area contributed by atoms with Crippen LogP contribution in [0.3, 0.4) is 0 Å². The van der Waals surface area contributed by atoms with Gasteiger partial charge in [-0.05, 0) is 31.9 Å². The number of halogens is 2. The van der Waals surface area contributed by atoms with E-state index in [-0.39, 0.29) is 18.4 Å². The van der Waals surface area contributed by atoms with Gasteiger partial charge in [0.15, 0.2) is 0 Å². The lowest BCUT2D eigenvalue weighted by Gasteiger charge is -2.10. The highest BCUT2D eigenvalue weighted by Crippen LogP contribution is 2.20. The molecule has 0 unspecified atom stereocenters. The number of aryl methyl sites for hydroxylation is 2. The summed E-state index contributed by atoms with van der Waals surface area (Å²) in [6, 6.07) is 1.44. The van der Waals surface area contributed by atoms with Crippen LogP contribution in [0.15, 0.2) is 12.3 Å². The van der Waals surface area contributed by atoms with Gasteiger partial charge in [0, 0.05) is 18.3 Å². The standard InChI is InChI=1S/C11H13F2NO2/c1-7-5-8(10(15)16)6-14-9(7)3-4-11(2,12)13/h5-6H,3-4H2,1-2H3,(H,15,16). The van der Waals surface area contributed by atoms with E-state index < -0.39 is 11.9 Å². The first-order valence-electron chi connectivity index (χ1n) is 4.86. The zero-order valence-electron chi connectivity index (χ0n) is 9.13. The molecule has 5 heteroatoms. The molecular formula is C11H13F2NO2. The average Bonchev–Trinajstić information content (AvgIpc) is 2.14. The van der Waals surface area contributed by atoms with Crippen molar-refractivity contribution in [3.05, 3.63) is 29.1 Å². The van der Waals surface area contributed by atoms with Crippen LogP contribution in [0, 0.1) is 6.92 Å². The summed E-state index contributed by atoms with van der Waals surface area (Å²) in [7, 11) is 0. The van der Waals surface area contributed by atoms with Gasteiger partial charge in [0.25, 0.3) is 0 Å². The van der Waals surface area contributed by atoms with Gasteiger partial charge in [-0.2, -0.15) is 0 Å². The third-order valence-electron chi connectivity index (χ3n) is 2.23. The van der Waals surface area contributed by atoms with E-state index in [4.69, 9.17) is 5.11 Å². The summed E-state index contributed by atoms with van der Waals surface area (Å²) in [5.41, 5.74) is 1.22. The highest BCUT2D eigenvalue weighted by Gasteiger charge is 2.21. The lowest BCUT2D eigenvalue weighted by Crippen LogP contribution is -2.12. The second-order valence-electron chi connectivity index (χ2n) is 3.86. The van der Waals surface area contributed by atoms with Gasteiger partial charge in [0.05, 0.1) is 5.56 Å². The van der Waals surface area contributed by atoms with Gasteiger partial charge < -0.3 is 5.11 Å². The fourth-order valence-electron chi connectivity index (χ4n) is 1.32. The van der Waals surface area contributed by atoms with Gasteiger partial charge in [-0.1, -0.05) is 0 Å². The number of hydrogen-bond donors (Lipinski definition) is 1. The van der Waals surface area contributed by atoms with Crippen molar-refractivity contribution in [2.75, 3.05) is 0 Å². The third-order valence-corrected chi connectivity index (χ3v) is 2.23. The minimum atomic E-state index is -2.72. The van der Waals surface area contributed by atoms with Gasteiger partial charge in [-0.3, -0.25) is 4.98 Å². The predicted octanol–water partition coefficient (Wildman–Crippen LogP) is 2.68. The minimum Gasteiger partial charge on any atom is -0.478 e. The first kappa shape index (κ1) is 12.5. The maximum Gasteiger partial charge on any atom is 0.337 e. The van der Waals surface area contributed by atoms with E-state index in [9.17, 15) is 13.6 Å². The largest absolute Gasteiger partial charge is 0.478 e. The Labute approximate surface area is 92.1 Å². The summed E-state index contributed by atoms with van der Waals surface area (Å²) in [4.78, 5) is 14.5. The van der Waals surface area contributed by atoms with E-state index in [2.05, 4.69) is 4.98 Å². The zero-order valence-corrected chi connectivity index (χ0v) is 9.13. The highest BCUT2D eigenvalue weighted by molar-refractivity contribution is 5.87. The molecule has 0 aromatic carbocycles. The first-order chi connectivity index (χ1) is 7.29. The molecule has 1 heterocycles. The van der Waals surface area contributed by atoms with Crippen molar-refractivity contribution in [1.82, 2.24) is 4.98 Å². The number of carboxylic acids is 1. The summed E-state index contributed by atoms with van der Waals surface area (Å²) in [5.74, 6) is -3.79. The lowest BCUT2D eigenvalue weighted by atomic mass is 10.1. The van der Waals surface area contributed by atoms with Crippen LogP contribution >= 0.6 is 0 Å². The Balaban J connectivity index is 2.80. The maximum atomic E-state index is 12.6. The van der Waals surface area contributed by atoms with Crippen molar-refractivity contribution >= 4 is 5.97 Å². The summed E-state index contributed by atoms with van der Waals surface area (Å²) < 4.78 is 25.3. The molecule has 3 nitrogen and oxygen atoms in total. The van der Waals surface area contributed by atoms with Crippen molar-refractivity contribution in [2.45, 2.75) is 32.6 Å². The molecule has 0 amide bonds. The van der Waals surface area contributed by atoms with Gasteiger partial charge in [-0.15, -0.1) is 0 Å². The Bertz CT molecular complexity index is 399. The Morgan fingerprint density at radius 3 is 2.62 bits per heavy atom. The van der Waals surface area contributed by atoms with Crippen LogP contribution < -0.4 is 0 Å². The van der Waals surface area contributed by atoms with E-state index in [0.29, 0.717) is 11.3 Å². The van der Waals surface area contributed by atoms with E-state index in [1.807, 2.05) is 0 Å². The monoisotopic (exact) mass is 229 g/mol. The van der Waals surface area contributed by atoms with Crippen molar-refractivity contribution < 1.29 is 18.7 Å².